The van der Waals surface area contributed by atoms with Crippen molar-refractivity contribution in [2.24, 2.45) is 5.73 Å². The molecule has 0 atom stereocenters. The van der Waals surface area contributed by atoms with Crippen molar-refractivity contribution in [1.29, 1.82) is 0 Å². The molecule has 0 bridgehead atoms. The van der Waals surface area contributed by atoms with Crippen molar-refractivity contribution >= 4 is 12.1 Å². The molecule has 0 aliphatic rings. The van der Waals surface area contributed by atoms with Crippen LogP contribution in [0.15, 0.2) is 0 Å². The lowest BCUT2D eigenvalue weighted by atomic mass is 10.8. The maximum Gasteiger partial charge on any atom is 0.412 e. The fraction of sp³-hybridized carbons (Fsp3) is 0.333. The van der Waals surface area contributed by atoms with Crippen LogP contribution in [0.3, 0.4) is 0 Å². The number of ether oxygens (including phenoxy) is 1. The van der Waals surface area contributed by atoms with Crippen molar-refractivity contribution in [2.75, 3.05) is 0 Å². The van der Waals surface area contributed by atoms with Crippen molar-refractivity contribution in [1.82, 2.24) is 0 Å². The van der Waals surface area contributed by atoms with Gasteiger partial charge in [0.05, 0.1) is 0 Å². The maximum absolute atomic E-state index is 9.73. The average molecular weight is 103 g/mol. The van der Waals surface area contributed by atoms with Gasteiger partial charge in [-0.3, -0.25) is 4.79 Å². The molecule has 0 aromatic carbocycles. The minimum absolute atomic E-state index is 0.687. The van der Waals surface area contributed by atoms with E-state index in [2.05, 4.69) is 10.5 Å². The molecule has 0 saturated heterocycles. The molecule has 0 aliphatic heterocycles. The first-order chi connectivity index (χ1) is 3.13. The molecule has 0 aromatic heterocycles. The van der Waals surface area contributed by atoms with E-state index < -0.39 is 12.1 Å². The summed E-state index contributed by atoms with van der Waals surface area (Å²) in [5, 5.41) is 0. The van der Waals surface area contributed by atoms with Gasteiger partial charge in [0, 0.05) is 6.92 Å². The molecular weight excluding hydrogens is 98.0 g/mol. The van der Waals surface area contributed by atoms with Gasteiger partial charge in [-0.25, -0.2) is 4.79 Å². The topological polar surface area (TPSA) is 69.4 Å². The van der Waals surface area contributed by atoms with Crippen LogP contribution in [-0.2, 0) is 9.53 Å². The molecule has 0 aliphatic carbocycles. The molecule has 4 heteroatoms. The van der Waals surface area contributed by atoms with Crippen LogP contribution < -0.4 is 5.73 Å². The Morgan fingerprint density at radius 1 is 1.57 bits per heavy atom. The van der Waals surface area contributed by atoms with Gasteiger partial charge in [-0.2, -0.15) is 0 Å². The Kier molecular flexibility index (Phi) is 1.84. The number of nitrogens with two attached hydrogens (primary N) is 1. The summed E-state index contributed by atoms with van der Waals surface area (Å²) in [5.41, 5.74) is 4.41. The zero-order valence-electron chi connectivity index (χ0n) is 3.80. The molecule has 0 rings (SSSR count). The summed E-state index contributed by atoms with van der Waals surface area (Å²) in [6.45, 7) is 1.10. The third kappa shape index (κ3) is 4.94. The molecule has 0 spiro atoms. The highest BCUT2D eigenvalue weighted by Crippen LogP contribution is 1.70. The quantitative estimate of drug-likeness (QED) is 0.336. The molecule has 0 saturated carbocycles. The van der Waals surface area contributed by atoms with E-state index in [-0.39, 0.29) is 0 Å². The molecule has 0 unspecified atom stereocenters. The van der Waals surface area contributed by atoms with E-state index in [1.807, 2.05) is 0 Å². The third-order valence-electron chi connectivity index (χ3n) is 0.244. The molecule has 1 amide bonds. The summed E-state index contributed by atoms with van der Waals surface area (Å²) in [7, 11) is 0. The van der Waals surface area contributed by atoms with Gasteiger partial charge in [0.25, 0.3) is 0 Å². The summed E-state index contributed by atoms with van der Waals surface area (Å²) in [4.78, 5) is 19.3. The highest BCUT2D eigenvalue weighted by atomic mass is 16.6. The summed E-state index contributed by atoms with van der Waals surface area (Å²) < 4.78 is 3.75. The Balaban J connectivity index is 3.32. The average Bonchev–Trinajstić information content (AvgIpc) is 1.27. The number of primary amides is 1. The lowest BCUT2D eigenvalue weighted by molar-refractivity contribution is -0.134. The van der Waals surface area contributed by atoms with Crippen LogP contribution in [-0.4, -0.2) is 12.1 Å². The van der Waals surface area contributed by atoms with Crippen molar-refractivity contribution in [3.05, 3.63) is 0 Å². The van der Waals surface area contributed by atoms with Crippen LogP contribution in [0.5, 0.6) is 0 Å². The second kappa shape index (κ2) is 2.17. The van der Waals surface area contributed by atoms with Gasteiger partial charge >= 0.3 is 12.1 Å². The molecule has 0 fully saturated rings. The minimum atomic E-state index is -1.06. The third-order valence-corrected chi connectivity index (χ3v) is 0.244. The van der Waals surface area contributed by atoms with Crippen molar-refractivity contribution < 1.29 is 14.3 Å². The van der Waals surface area contributed by atoms with Crippen LogP contribution >= 0.6 is 0 Å². The van der Waals surface area contributed by atoms with Gasteiger partial charge < -0.3 is 10.5 Å². The number of hydrogen-bond donors (Lipinski definition) is 1. The van der Waals surface area contributed by atoms with Crippen LogP contribution in [0.2, 0.25) is 0 Å². The molecule has 4 nitrogen and oxygen atoms in total. The second-order valence-electron chi connectivity index (χ2n) is 0.913. The number of amides is 1. The standard InChI is InChI=1S/C3H5NO3/c1-2(5)7-3(4)6/h1H3,(H2,4,6). The number of carbonyl (C=O) groups excluding carboxylic acids is 2. The van der Waals surface area contributed by atoms with Crippen LogP contribution in [0, 0.1) is 0 Å². The first-order valence-electron chi connectivity index (χ1n) is 1.61. The van der Waals surface area contributed by atoms with Gasteiger partial charge in [-0.15, -0.1) is 0 Å². The van der Waals surface area contributed by atoms with Crippen molar-refractivity contribution in [3.63, 3.8) is 0 Å². The normalized spacial score (nSPS) is 7.57. The van der Waals surface area contributed by atoms with E-state index in [0.29, 0.717) is 0 Å². The Hall–Kier alpha value is -1.06. The van der Waals surface area contributed by atoms with Crippen molar-refractivity contribution in [2.45, 2.75) is 6.92 Å². The van der Waals surface area contributed by atoms with Crippen LogP contribution in [0.4, 0.5) is 4.79 Å². The molecule has 2 N–H and O–H groups in total. The molecular formula is C3H5NO3. The first-order valence-corrected chi connectivity index (χ1v) is 1.61. The zero-order chi connectivity index (χ0) is 5.86. The lowest BCUT2D eigenvalue weighted by Crippen LogP contribution is -2.15. The van der Waals surface area contributed by atoms with E-state index >= 15 is 0 Å². The van der Waals surface area contributed by atoms with Crippen molar-refractivity contribution in [3.8, 4) is 0 Å². The Morgan fingerprint density at radius 2 is 2.00 bits per heavy atom. The van der Waals surface area contributed by atoms with Gasteiger partial charge in [0.1, 0.15) is 0 Å². The zero-order valence-corrected chi connectivity index (χ0v) is 3.80. The monoisotopic (exact) mass is 103 g/mol. The highest BCUT2D eigenvalue weighted by molar-refractivity contribution is 5.81. The number of carbonyl (C=O) groups is 2. The summed E-state index contributed by atoms with van der Waals surface area (Å²) in [5.74, 6) is -0.687. The van der Waals surface area contributed by atoms with Crippen LogP contribution in [0.25, 0.3) is 0 Å². The molecule has 0 radical (unpaired) electrons. The second-order valence-corrected chi connectivity index (χ2v) is 0.913. The van der Waals surface area contributed by atoms with E-state index in [4.69, 9.17) is 0 Å². The Bertz CT molecular complexity index is 86.4. The summed E-state index contributed by atoms with van der Waals surface area (Å²) >= 11 is 0. The Labute approximate surface area is 40.2 Å². The van der Waals surface area contributed by atoms with Gasteiger partial charge in [-0.05, 0) is 0 Å². The first kappa shape index (κ1) is 5.94. The minimum Gasteiger partial charge on any atom is -0.377 e. The molecule has 40 valence electrons. The number of esters is 1. The smallest absolute Gasteiger partial charge is 0.377 e. The van der Waals surface area contributed by atoms with E-state index in [9.17, 15) is 9.59 Å². The fourth-order valence-corrected chi connectivity index (χ4v) is 0.142. The van der Waals surface area contributed by atoms with E-state index in [1.54, 1.807) is 0 Å². The predicted molar refractivity (Wildman–Crippen MR) is 21.3 cm³/mol. The van der Waals surface area contributed by atoms with Crippen LogP contribution in [0.1, 0.15) is 6.92 Å². The molecule has 7 heavy (non-hydrogen) atoms. The summed E-state index contributed by atoms with van der Waals surface area (Å²) in [6.07, 6.45) is -1.06. The van der Waals surface area contributed by atoms with E-state index in [0.717, 1.165) is 6.92 Å². The predicted octanol–water partition coefficient (Wildman–Crippen LogP) is -0.372. The maximum atomic E-state index is 9.73. The highest BCUT2D eigenvalue weighted by Gasteiger charge is 1.94. The Morgan fingerprint density at radius 3 is 2.00 bits per heavy atom. The SMILES string of the molecule is CC(=O)OC(N)=O. The number of hydrogen-bond acceptors (Lipinski definition) is 3. The summed E-state index contributed by atoms with van der Waals surface area (Å²) in [6, 6.07) is 0. The largest absolute Gasteiger partial charge is 0.412 e. The number of rotatable bonds is 0. The van der Waals surface area contributed by atoms with Gasteiger partial charge in [-0.1, -0.05) is 0 Å². The fourth-order valence-electron chi connectivity index (χ4n) is 0.142. The van der Waals surface area contributed by atoms with Gasteiger partial charge in [0.2, 0.25) is 0 Å². The molecule has 0 heterocycles. The van der Waals surface area contributed by atoms with E-state index in [1.165, 1.54) is 0 Å². The molecule has 0 aromatic rings. The lowest BCUT2D eigenvalue weighted by Gasteiger charge is -1.87. The van der Waals surface area contributed by atoms with Gasteiger partial charge in [0.15, 0.2) is 0 Å².